The second-order valence-corrected chi connectivity index (χ2v) is 5.20. The maximum Gasteiger partial charge on any atom is 0.222 e. The predicted octanol–water partition coefficient (Wildman–Crippen LogP) is 1.48. The van der Waals surface area contributed by atoms with Crippen LogP contribution in [0.15, 0.2) is 0 Å². The first-order chi connectivity index (χ1) is 7.04. The Balaban J connectivity index is 2.43. The van der Waals surface area contributed by atoms with Gasteiger partial charge in [-0.1, -0.05) is 20.8 Å². The number of piperidine rings is 1. The largest absolute Gasteiger partial charge is 0.342 e. The normalized spacial score (nSPS) is 27.1. The monoisotopic (exact) mass is 212 g/mol. The highest BCUT2D eigenvalue weighted by Crippen LogP contribution is 2.23. The number of nitrogens with zero attached hydrogens (tertiary/aromatic N) is 1. The van der Waals surface area contributed by atoms with E-state index in [1.165, 1.54) is 0 Å². The molecule has 1 fully saturated rings. The summed E-state index contributed by atoms with van der Waals surface area (Å²) in [7, 11) is 0. The van der Waals surface area contributed by atoms with Gasteiger partial charge >= 0.3 is 0 Å². The number of hydrogen-bond donors (Lipinski definition) is 1. The molecule has 88 valence electrons. The van der Waals surface area contributed by atoms with Gasteiger partial charge in [0.15, 0.2) is 0 Å². The van der Waals surface area contributed by atoms with E-state index in [9.17, 15) is 4.79 Å². The lowest BCUT2D eigenvalue weighted by molar-refractivity contribution is -0.134. The molecule has 1 heterocycles. The Morgan fingerprint density at radius 2 is 2.20 bits per heavy atom. The van der Waals surface area contributed by atoms with Crippen molar-refractivity contribution in [3.8, 4) is 0 Å². The standard InChI is InChI=1S/C12H24N2O/c1-9(2)6-12(15)14-5-4-11(7-13)10(3)8-14/h9-11H,4-8,13H2,1-3H3. The molecule has 15 heavy (non-hydrogen) atoms. The van der Waals surface area contributed by atoms with Crippen LogP contribution in [0, 0.1) is 17.8 Å². The first kappa shape index (κ1) is 12.5. The molecule has 2 unspecified atom stereocenters. The number of nitrogens with two attached hydrogens (primary N) is 1. The van der Waals surface area contributed by atoms with Crippen molar-refractivity contribution in [2.75, 3.05) is 19.6 Å². The molecule has 2 atom stereocenters. The number of rotatable bonds is 3. The fraction of sp³-hybridized carbons (Fsp3) is 0.917. The van der Waals surface area contributed by atoms with Crippen LogP contribution in [0.5, 0.6) is 0 Å². The summed E-state index contributed by atoms with van der Waals surface area (Å²) in [6.45, 7) is 8.94. The maximum atomic E-state index is 11.8. The quantitative estimate of drug-likeness (QED) is 0.770. The van der Waals surface area contributed by atoms with E-state index in [4.69, 9.17) is 5.73 Å². The zero-order chi connectivity index (χ0) is 11.4. The van der Waals surface area contributed by atoms with Crippen LogP contribution < -0.4 is 5.73 Å². The van der Waals surface area contributed by atoms with Crippen LogP contribution in [0.2, 0.25) is 0 Å². The summed E-state index contributed by atoms with van der Waals surface area (Å²) in [4.78, 5) is 13.9. The first-order valence-corrected chi connectivity index (χ1v) is 6.02. The molecule has 0 bridgehead atoms. The van der Waals surface area contributed by atoms with Gasteiger partial charge in [-0.05, 0) is 30.7 Å². The van der Waals surface area contributed by atoms with E-state index in [1.54, 1.807) is 0 Å². The Morgan fingerprint density at radius 1 is 1.53 bits per heavy atom. The van der Waals surface area contributed by atoms with Gasteiger partial charge in [0.2, 0.25) is 5.91 Å². The number of carbonyl (C=O) groups is 1. The molecule has 0 saturated carbocycles. The third-order valence-corrected chi connectivity index (χ3v) is 3.32. The van der Waals surface area contributed by atoms with Gasteiger partial charge in [-0.3, -0.25) is 4.79 Å². The van der Waals surface area contributed by atoms with Crippen LogP contribution in [0.1, 0.15) is 33.6 Å². The Labute approximate surface area is 93.0 Å². The average Bonchev–Trinajstić information content (AvgIpc) is 2.16. The molecule has 1 amide bonds. The van der Waals surface area contributed by atoms with Crippen molar-refractivity contribution in [2.24, 2.45) is 23.5 Å². The van der Waals surface area contributed by atoms with Crippen molar-refractivity contribution in [3.63, 3.8) is 0 Å². The molecule has 1 aliphatic rings. The van der Waals surface area contributed by atoms with E-state index in [-0.39, 0.29) is 0 Å². The average molecular weight is 212 g/mol. The van der Waals surface area contributed by atoms with Gasteiger partial charge in [-0.15, -0.1) is 0 Å². The molecule has 0 radical (unpaired) electrons. The van der Waals surface area contributed by atoms with Gasteiger partial charge in [-0.2, -0.15) is 0 Å². The van der Waals surface area contributed by atoms with Crippen molar-refractivity contribution < 1.29 is 4.79 Å². The molecule has 0 spiro atoms. The van der Waals surface area contributed by atoms with E-state index in [1.807, 2.05) is 4.90 Å². The van der Waals surface area contributed by atoms with E-state index in [2.05, 4.69) is 20.8 Å². The van der Waals surface area contributed by atoms with Crippen molar-refractivity contribution in [3.05, 3.63) is 0 Å². The molecule has 0 aromatic rings. The third kappa shape index (κ3) is 3.49. The van der Waals surface area contributed by atoms with Crippen LogP contribution in [-0.4, -0.2) is 30.4 Å². The van der Waals surface area contributed by atoms with Gasteiger partial charge in [0.25, 0.3) is 0 Å². The van der Waals surface area contributed by atoms with Crippen LogP contribution in [-0.2, 0) is 4.79 Å². The minimum Gasteiger partial charge on any atom is -0.342 e. The summed E-state index contributed by atoms with van der Waals surface area (Å²) in [6, 6.07) is 0. The van der Waals surface area contributed by atoms with Crippen molar-refractivity contribution >= 4 is 5.91 Å². The summed E-state index contributed by atoms with van der Waals surface area (Å²) in [5.41, 5.74) is 5.69. The lowest BCUT2D eigenvalue weighted by Gasteiger charge is -2.36. The Kier molecular flexibility index (Phi) is 4.58. The summed E-state index contributed by atoms with van der Waals surface area (Å²) >= 11 is 0. The number of hydrogen-bond acceptors (Lipinski definition) is 2. The molecule has 3 nitrogen and oxygen atoms in total. The third-order valence-electron chi connectivity index (χ3n) is 3.32. The number of amides is 1. The van der Waals surface area contributed by atoms with Crippen LogP contribution >= 0.6 is 0 Å². The topological polar surface area (TPSA) is 46.3 Å². The van der Waals surface area contributed by atoms with E-state index in [0.717, 1.165) is 26.1 Å². The highest BCUT2D eigenvalue weighted by atomic mass is 16.2. The molecule has 1 rings (SSSR count). The fourth-order valence-corrected chi connectivity index (χ4v) is 2.25. The molecule has 0 aromatic heterocycles. The van der Waals surface area contributed by atoms with Crippen molar-refractivity contribution in [1.29, 1.82) is 0 Å². The zero-order valence-electron chi connectivity index (χ0n) is 10.2. The van der Waals surface area contributed by atoms with Crippen molar-refractivity contribution in [1.82, 2.24) is 4.90 Å². The fourth-order valence-electron chi connectivity index (χ4n) is 2.25. The molecule has 0 aliphatic carbocycles. The van der Waals surface area contributed by atoms with Crippen molar-refractivity contribution in [2.45, 2.75) is 33.6 Å². The Hall–Kier alpha value is -0.570. The lowest BCUT2D eigenvalue weighted by Crippen LogP contribution is -2.44. The van der Waals surface area contributed by atoms with Gasteiger partial charge in [-0.25, -0.2) is 0 Å². The number of carbonyl (C=O) groups excluding carboxylic acids is 1. The van der Waals surface area contributed by atoms with Crippen LogP contribution in [0.3, 0.4) is 0 Å². The Morgan fingerprint density at radius 3 is 2.67 bits per heavy atom. The second kappa shape index (κ2) is 5.50. The molecular weight excluding hydrogens is 188 g/mol. The summed E-state index contributed by atoms with van der Waals surface area (Å²) in [6.07, 6.45) is 1.75. The van der Waals surface area contributed by atoms with E-state index < -0.39 is 0 Å². The van der Waals surface area contributed by atoms with Gasteiger partial charge in [0.05, 0.1) is 0 Å². The summed E-state index contributed by atoms with van der Waals surface area (Å²) in [5.74, 6) is 1.93. The zero-order valence-corrected chi connectivity index (χ0v) is 10.2. The van der Waals surface area contributed by atoms with Crippen LogP contribution in [0.25, 0.3) is 0 Å². The highest BCUT2D eigenvalue weighted by molar-refractivity contribution is 5.76. The summed E-state index contributed by atoms with van der Waals surface area (Å²) < 4.78 is 0. The second-order valence-electron chi connectivity index (χ2n) is 5.20. The predicted molar refractivity (Wildman–Crippen MR) is 62.4 cm³/mol. The van der Waals surface area contributed by atoms with E-state index in [0.29, 0.717) is 30.1 Å². The van der Waals surface area contributed by atoms with Crippen LogP contribution in [0.4, 0.5) is 0 Å². The minimum atomic E-state index is 0.312. The molecule has 0 aromatic carbocycles. The maximum absolute atomic E-state index is 11.8. The highest BCUT2D eigenvalue weighted by Gasteiger charge is 2.27. The lowest BCUT2D eigenvalue weighted by atomic mass is 9.87. The smallest absolute Gasteiger partial charge is 0.222 e. The van der Waals surface area contributed by atoms with Gasteiger partial charge < -0.3 is 10.6 Å². The number of likely N-dealkylation sites (tertiary alicyclic amines) is 1. The molecule has 2 N–H and O–H groups in total. The Bertz CT molecular complexity index is 216. The van der Waals surface area contributed by atoms with Gasteiger partial charge in [0.1, 0.15) is 0 Å². The van der Waals surface area contributed by atoms with E-state index >= 15 is 0 Å². The molecule has 1 aliphatic heterocycles. The van der Waals surface area contributed by atoms with Gasteiger partial charge in [0, 0.05) is 19.5 Å². The molecule has 3 heteroatoms. The minimum absolute atomic E-state index is 0.312. The SMILES string of the molecule is CC(C)CC(=O)N1CCC(CN)C(C)C1. The molecule has 1 saturated heterocycles. The summed E-state index contributed by atoms with van der Waals surface area (Å²) in [5, 5.41) is 0. The first-order valence-electron chi connectivity index (χ1n) is 6.02. The molecular formula is C12H24N2O.